The van der Waals surface area contributed by atoms with E-state index in [0.717, 1.165) is 35.2 Å². The van der Waals surface area contributed by atoms with Gasteiger partial charge in [-0.2, -0.15) is 4.98 Å². The zero-order chi connectivity index (χ0) is 29.6. The summed E-state index contributed by atoms with van der Waals surface area (Å²) in [6, 6.07) is 5.65. The first kappa shape index (κ1) is 28.0. The van der Waals surface area contributed by atoms with Gasteiger partial charge in [-0.1, -0.05) is 19.2 Å². The van der Waals surface area contributed by atoms with Crippen molar-refractivity contribution in [2.75, 3.05) is 30.1 Å². The molecule has 11 nitrogen and oxygen atoms in total. The van der Waals surface area contributed by atoms with E-state index >= 15 is 4.39 Å². The Morgan fingerprint density at radius 3 is 2.59 bits per heavy atom. The number of aromatic hydroxyl groups is 1. The lowest BCUT2D eigenvalue weighted by Crippen LogP contribution is -2.57. The van der Waals surface area contributed by atoms with Crippen LogP contribution in [0.5, 0.6) is 5.75 Å². The van der Waals surface area contributed by atoms with Crippen LogP contribution in [0.3, 0.4) is 0 Å². The molecule has 0 aliphatic carbocycles. The smallest absolute Gasteiger partial charge is 0.355 e. The van der Waals surface area contributed by atoms with Crippen molar-refractivity contribution >= 4 is 41.6 Å². The Morgan fingerprint density at radius 2 is 1.93 bits per heavy atom. The number of anilines is 1. The van der Waals surface area contributed by atoms with Gasteiger partial charge >= 0.3 is 5.69 Å². The zero-order valence-corrected chi connectivity index (χ0v) is 23.9. The van der Waals surface area contributed by atoms with Gasteiger partial charge in [-0.15, -0.1) is 0 Å². The van der Waals surface area contributed by atoms with Gasteiger partial charge in [0.05, 0.1) is 27.7 Å². The lowest BCUT2D eigenvalue weighted by molar-refractivity contribution is -0.125. The number of phenolic OH excluding ortho intramolecular Hbond substituents is 1. The van der Waals surface area contributed by atoms with Crippen LogP contribution in [0.25, 0.3) is 28.0 Å². The maximum atomic E-state index is 15.7. The number of benzene rings is 1. The number of fused-ring (bicyclic) bond motifs is 1. The number of pyridine rings is 2. The number of halogens is 2. The van der Waals surface area contributed by atoms with E-state index in [1.807, 2.05) is 11.1 Å². The van der Waals surface area contributed by atoms with Gasteiger partial charge in [0.1, 0.15) is 23.1 Å². The van der Waals surface area contributed by atoms with E-state index in [0.29, 0.717) is 12.7 Å². The summed E-state index contributed by atoms with van der Waals surface area (Å²) in [6.45, 7) is 6.04. The average molecular weight is 599 g/mol. The molecular formula is C26H24F2N6O5SSi. The van der Waals surface area contributed by atoms with Crippen LogP contribution in [0, 0.1) is 11.6 Å². The third-order valence-electron chi connectivity index (χ3n) is 6.82. The lowest BCUT2D eigenvalue weighted by Gasteiger charge is -2.40. The van der Waals surface area contributed by atoms with Gasteiger partial charge in [0.25, 0.3) is 0 Å². The van der Waals surface area contributed by atoms with E-state index in [9.17, 15) is 27.5 Å². The summed E-state index contributed by atoms with van der Waals surface area (Å²) >= 11 is 0. The highest BCUT2D eigenvalue weighted by molar-refractivity contribution is 7.90. The maximum absolute atomic E-state index is 15.7. The quantitative estimate of drug-likeness (QED) is 0.270. The number of hydrogen-bond donors (Lipinski definition) is 1. The highest BCUT2D eigenvalue weighted by atomic mass is 32.2. The molecular weight excluding hydrogens is 574 g/mol. The van der Waals surface area contributed by atoms with Gasteiger partial charge in [0.15, 0.2) is 30.3 Å². The molecule has 0 radical (unpaired) electrons. The summed E-state index contributed by atoms with van der Waals surface area (Å²) < 4.78 is 58.4. The highest BCUT2D eigenvalue weighted by Gasteiger charge is 2.31. The van der Waals surface area contributed by atoms with Crippen LogP contribution in [-0.2, 0) is 14.6 Å². The molecule has 4 aromatic rings. The van der Waals surface area contributed by atoms with Crippen LogP contribution >= 0.6 is 0 Å². The minimum atomic E-state index is -3.89. The molecule has 1 amide bonds. The lowest BCUT2D eigenvalue weighted by atomic mass is 10.1. The third kappa shape index (κ3) is 4.97. The normalized spacial score (nSPS) is 15.8. The summed E-state index contributed by atoms with van der Waals surface area (Å²) in [5, 5.41) is 10.4. The Hall–Kier alpha value is -4.50. The Labute approximate surface area is 234 Å². The fraction of sp³-hybridized carbons (Fsp3) is 0.192. The van der Waals surface area contributed by atoms with Crippen LogP contribution in [0.1, 0.15) is 0 Å². The third-order valence-corrected chi connectivity index (χ3v) is 10.5. The van der Waals surface area contributed by atoms with Gasteiger partial charge in [-0.05, 0) is 30.3 Å². The maximum Gasteiger partial charge on any atom is 0.355 e. The van der Waals surface area contributed by atoms with Crippen molar-refractivity contribution in [3.63, 3.8) is 0 Å². The van der Waals surface area contributed by atoms with Gasteiger partial charge in [-0.25, -0.2) is 31.5 Å². The van der Waals surface area contributed by atoms with Crippen LogP contribution in [0.4, 0.5) is 14.6 Å². The second kappa shape index (κ2) is 10.5. The average Bonchev–Trinajstić information content (AvgIpc) is 2.92. The molecule has 1 aromatic carbocycles. The summed E-state index contributed by atoms with van der Waals surface area (Å²) in [5.74, 6) is -2.67. The van der Waals surface area contributed by atoms with E-state index in [-0.39, 0.29) is 39.9 Å². The van der Waals surface area contributed by atoms with Crippen molar-refractivity contribution in [1.29, 1.82) is 0 Å². The fourth-order valence-electron chi connectivity index (χ4n) is 4.92. The van der Waals surface area contributed by atoms with E-state index in [1.165, 1.54) is 24.4 Å². The minimum absolute atomic E-state index is 0.0489. The number of sulfone groups is 1. The molecule has 1 aliphatic rings. The molecule has 212 valence electrons. The van der Waals surface area contributed by atoms with Crippen molar-refractivity contribution in [1.82, 2.24) is 24.4 Å². The molecule has 1 aliphatic heterocycles. The number of rotatable bonds is 5. The number of nitrogens with zero attached hydrogens (tertiary/aromatic N) is 6. The monoisotopic (exact) mass is 598 g/mol. The minimum Gasteiger partial charge on any atom is -0.507 e. The second-order valence-corrected chi connectivity index (χ2v) is 14.2. The summed E-state index contributed by atoms with van der Waals surface area (Å²) in [4.78, 5) is 39.7. The number of carbonyl (C=O) groups is 1. The molecule has 3 aromatic heterocycles. The first-order valence-corrected chi connectivity index (χ1v) is 16.7. The topological polar surface area (TPSA) is 139 Å². The number of aromatic nitrogens is 4. The number of phenols is 1. The van der Waals surface area contributed by atoms with Crippen molar-refractivity contribution in [3.05, 3.63) is 77.5 Å². The molecule has 0 spiro atoms. The molecule has 0 saturated carbocycles. The molecule has 1 atom stereocenters. The second-order valence-electron chi connectivity index (χ2n) is 9.52. The van der Waals surface area contributed by atoms with Crippen molar-refractivity contribution in [2.45, 2.75) is 11.4 Å². The van der Waals surface area contributed by atoms with E-state index < -0.39 is 53.1 Å². The molecule has 1 saturated heterocycles. The SMILES string of the molecule is C=CC(=O)N1CCN(c2nc(=O)n(-c3cnccc3S(C)(=O)=O)c3nc(-c4c(O)cccc4F)c(F)cc23)[Si@@H](C)C1. The van der Waals surface area contributed by atoms with E-state index in [4.69, 9.17) is 0 Å². The Kier molecular flexibility index (Phi) is 7.17. The molecule has 15 heteroatoms. The standard InChI is InChI=1S/C26H24F2N6O5SSi/c1-4-21(36)32-10-11-33(41(3)14-32)24-15-12-17(28)23(22-16(27)6-5-7-19(22)35)30-25(15)34(26(37)31-24)18-13-29-9-8-20(18)40(2,38)39/h4-9,12-13,35,41H,1,10-11,14H2,2-3H3/t41-/m0/s1. The molecule has 41 heavy (non-hydrogen) atoms. The summed E-state index contributed by atoms with van der Waals surface area (Å²) in [7, 11) is -5.89. The fourth-order valence-corrected chi connectivity index (χ4v) is 8.12. The largest absolute Gasteiger partial charge is 0.507 e. The molecule has 0 unspecified atom stereocenters. The van der Waals surface area contributed by atoms with E-state index in [1.54, 1.807) is 4.90 Å². The zero-order valence-electron chi connectivity index (χ0n) is 22.0. The first-order valence-electron chi connectivity index (χ1n) is 12.4. The molecule has 0 bridgehead atoms. The van der Waals surface area contributed by atoms with E-state index in [2.05, 4.69) is 21.5 Å². The summed E-state index contributed by atoms with van der Waals surface area (Å²) in [6.07, 6.45) is 4.95. The number of amides is 1. The van der Waals surface area contributed by atoms with Crippen LogP contribution < -0.4 is 10.3 Å². The van der Waals surface area contributed by atoms with Gasteiger partial charge in [0, 0.05) is 31.7 Å². The molecule has 4 heterocycles. The van der Waals surface area contributed by atoms with Crippen molar-refractivity contribution in [2.24, 2.45) is 0 Å². The van der Waals surface area contributed by atoms with Crippen molar-refractivity contribution in [3.8, 4) is 22.7 Å². The van der Waals surface area contributed by atoms with Crippen LogP contribution in [-0.4, -0.2) is 78.3 Å². The molecule has 5 rings (SSSR count). The van der Waals surface area contributed by atoms with Gasteiger partial charge in [0.2, 0.25) is 5.91 Å². The number of hydrogen-bond acceptors (Lipinski definition) is 9. The molecule has 1 fully saturated rings. The Bertz CT molecular complexity index is 1880. The predicted octanol–water partition coefficient (Wildman–Crippen LogP) is 1.96. The predicted molar refractivity (Wildman–Crippen MR) is 150 cm³/mol. The van der Waals surface area contributed by atoms with Gasteiger partial charge in [-0.3, -0.25) is 9.78 Å². The van der Waals surface area contributed by atoms with Crippen molar-refractivity contribution < 1.29 is 27.1 Å². The Morgan fingerprint density at radius 1 is 1.17 bits per heavy atom. The molecule has 1 N–H and O–H groups in total. The van der Waals surface area contributed by atoms with Crippen LogP contribution in [0.2, 0.25) is 6.55 Å². The van der Waals surface area contributed by atoms with Crippen LogP contribution in [0.15, 0.2) is 65.1 Å². The summed E-state index contributed by atoms with van der Waals surface area (Å²) in [5.41, 5.74) is -2.45. The highest BCUT2D eigenvalue weighted by Crippen LogP contribution is 2.36. The Balaban J connectivity index is 1.83. The number of carbonyl (C=O) groups excluding carboxylic acids is 1. The van der Waals surface area contributed by atoms with Gasteiger partial charge < -0.3 is 14.6 Å². The first-order chi connectivity index (χ1) is 19.4.